The highest BCUT2D eigenvalue weighted by atomic mass is 15.0. The molecule has 0 radical (unpaired) electrons. The summed E-state index contributed by atoms with van der Waals surface area (Å²) in [6.45, 7) is 0. The Bertz CT molecular complexity index is 1840. The highest BCUT2D eigenvalue weighted by molar-refractivity contribution is 6.03. The largest absolute Gasteiger partial charge is 0.299 e. The summed E-state index contributed by atoms with van der Waals surface area (Å²) in [5.74, 6) is 0.884. The Morgan fingerprint density at radius 3 is 2.14 bits per heavy atom. The van der Waals surface area contributed by atoms with E-state index in [1.807, 2.05) is 48.8 Å². The summed E-state index contributed by atoms with van der Waals surface area (Å²) in [6.07, 6.45) is 5.66. The van der Waals surface area contributed by atoms with Crippen LogP contribution in [0.15, 0.2) is 116 Å². The van der Waals surface area contributed by atoms with E-state index >= 15 is 0 Å². The molecule has 5 heterocycles. The van der Waals surface area contributed by atoms with Gasteiger partial charge in [0.2, 0.25) is 0 Å². The predicted molar refractivity (Wildman–Crippen MR) is 140 cm³/mol. The fraction of sp³-hybridized carbons (Fsp3) is 0. The average Bonchev–Trinajstić information content (AvgIpc) is 3.33. The molecule has 0 spiro atoms. The van der Waals surface area contributed by atoms with Gasteiger partial charge in [0.1, 0.15) is 11.5 Å². The van der Waals surface area contributed by atoms with Crippen molar-refractivity contribution in [3.8, 4) is 34.0 Å². The third-order valence-corrected chi connectivity index (χ3v) is 6.33. The lowest BCUT2D eigenvalue weighted by Crippen LogP contribution is -1.90. The summed E-state index contributed by atoms with van der Waals surface area (Å²) in [5, 5.41) is 2.18. The maximum Gasteiger partial charge on any atom is 0.145 e. The first-order chi connectivity index (χ1) is 17.3. The zero-order valence-corrected chi connectivity index (χ0v) is 18.7. The molecule has 35 heavy (non-hydrogen) atoms. The molecule has 5 heteroatoms. The highest BCUT2D eigenvalue weighted by Crippen LogP contribution is 2.31. The fourth-order valence-corrected chi connectivity index (χ4v) is 4.61. The van der Waals surface area contributed by atoms with Crippen LogP contribution in [0, 0.1) is 0 Å². The molecule has 0 fully saturated rings. The van der Waals surface area contributed by atoms with Crippen molar-refractivity contribution in [1.82, 2.24) is 24.3 Å². The van der Waals surface area contributed by atoms with Crippen LogP contribution in [0.25, 0.3) is 61.4 Å². The number of hydrogen-bond acceptors (Lipinski definition) is 4. The van der Waals surface area contributed by atoms with Crippen molar-refractivity contribution in [3.63, 3.8) is 0 Å². The van der Waals surface area contributed by atoms with E-state index in [9.17, 15) is 0 Å². The molecular formula is C30H19N5. The average molecular weight is 450 g/mol. The Morgan fingerprint density at radius 2 is 1.29 bits per heavy atom. The first-order valence-electron chi connectivity index (χ1n) is 11.5. The number of hydrogen-bond donors (Lipinski definition) is 0. The molecule has 5 aromatic heterocycles. The second-order valence-electron chi connectivity index (χ2n) is 8.44. The van der Waals surface area contributed by atoms with Crippen LogP contribution in [0.4, 0.5) is 0 Å². The number of benzene rings is 2. The SMILES string of the molecule is c1ccc(-c2nc(-c3ccc(-c4ccc5ccc6cccnc6c5n4)cc3)n3ccccc23)nc1. The zero-order valence-electron chi connectivity index (χ0n) is 18.7. The fourth-order valence-electron chi connectivity index (χ4n) is 4.61. The van der Waals surface area contributed by atoms with Gasteiger partial charge in [-0.2, -0.15) is 0 Å². The molecule has 0 bridgehead atoms. The Morgan fingerprint density at radius 1 is 0.514 bits per heavy atom. The molecule has 0 atom stereocenters. The van der Waals surface area contributed by atoms with Crippen molar-refractivity contribution in [2.45, 2.75) is 0 Å². The van der Waals surface area contributed by atoms with Crippen LogP contribution in [0.1, 0.15) is 0 Å². The number of aromatic nitrogens is 5. The number of pyridine rings is 4. The van der Waals surface area contributed by atoms with Crippen LogP contribution in [0.5, 0.6) is 0 Å². The quantitative estimate of drug-likeness (QED) is 0.278. The standard InChI is InChI=1S/C30H19N5/c1-3-17-31-25(7-1)29-26-8-2-4-19-35(26)30(34-29)23-13-9-20(10-14-23)24-16-15-22-12-11-21-6-5-18-32-27(21)28(22)33-24/h1-19H. The predicted octanol–water partition coefficient (Wildman–Crippen LogP) is 6.83. The van der Waals surface area contributed by atoms with E-state index in [4.69, 9.17) is 9.97 Å². The van der Waals surface area contributed by atoms with Gasteiger partial charge in [0.05, 0.1) is 27.9 Å². The Kier molecular flexibility index (Phi) is 4.39. The van der Waals surface area contributed by atoms with Gasteiger partial charge in [-0.05, 0) is 36.4 Å². The van der Waals surface area contributed by atoms with Crippen LogP contribution < -0.4 is 0 Å². The molecule has 2 aromatic carbocycles. The summed E-state index contributed by atoms with van der Waals surface area (Å²) in [4.78, 5) is 19.1. The molecule has 0 amide bonds. The third-order valence-electron chi connectivity index (χ3n) is 6.33. The van der Waals surface area contributed by atoms with E-state index in [0.29, 0.717) is 0 Å². The first kappa shape index (κ1) is 19.6. The van der Waals surface area contributed by atoms with E-state index < -0.39 is 0 Å². The molecule has 0 aliphatic heterocycles. The van der Waals surface area contributed by atoms with Gasteiger partial charge in [-0.15, -0.1) is 0 Å². The summed E-state index contributed by atoms with van der Waals surface area (Å²) < 4.78 is 2.12. The maximum absolute atomic E-state index is 4.98. The minimum absolute atomic E-state index is 0.861. The molecule has 0 saturated carbocycles. The van der Waals surface area contributed by atoms with Gasteiger partial charge in [-0.25, -0.2) is 9.97 Å². The lowest BCUT2D eigenvalue weighted by atomic mass is 10.1. The van der Waals surface area contributed by atoms with Crippen LogP contribution in [-0.4, -0.2) is 24.3 Å². The van der Waals surface area contributed by atoms with Gasteiger partial charge < -0.3 is 0 Å². The van der Waals surface area contributed by atoms with E-state index in [2.05, 4.69) is 75.0 Å². The lowest BCUT2D eigenvalue weighted by molar-refractivity contribution is 1.16. The number of rotatable bonds is 3. The van der Waals surface area contributed by atoms with Gasteiger partial charge in [0.15, 0.2) is 0 Å². The first-order valence-corrected chi connectivity index (χ1v) is 11.5. The number of imidazole rings is 1. The van der Waals surface area contributed by atoms with Crippen LogP contribution in [-0.2, 0) is 0 Å². The van der Waals surface area contributed by atoms with Gasteiger partial charge in [-0.1, -0.05) is 60.7 Å². The topological polar surface area (TPSA) is 56.0 Å². The molecule has 7 rings (SSSR count). The molecule has 0 aliphatic carbocycles. The smallest absolute Gasteiger partial charge is 0.145 e. The van der Waals surface area contributed by atoms with Crippen molar-refractivity contribution in [2.24, 2.45) is 0 Å². The zero-order chi connectivity index (χ0) is 23.2. The van der Waals surface area contributed by atoms with Crippen molar-refractivity contribution >= 4 is 27.3 Å². The molecule has 0 aliphatic rings. The van der Waals surface area contributed by atoms with Crippen LogP contribution in [0.3, 0.4) is 0 Å². The van der Waals surface area contributed by atoms with Gasteiger partial charge in [0.25, 0.3) is 0 Å². The highest BCUT2D eigenvalue weighted by Gasteiger charge is 2.15. The molecular weight excluding hydrogens is 430 g/mol. The second kappa shape index (κ2) is 7.85. The summed E-state index contributed by atoms with van der Waals surface area (Å²) in [6, 6.07) is 32.8. The molecule has 5 nitrogen and oxygen atoms in total. The van der Waals surface area contributed by atoms with Crippen LogP contribution in [0.2, 0.25) is 0 Å². The van der Waals surface area contributed by atoms with Crippen molar-refractivity contribution in [2.75, 3.05) is 0 Å². The van der Waals surface area contributed by atoms with Gasteiger partial charge in [0, 0.05) is 40.5 Å². The van der Waals surface area contributed by atoms with Crippen LogP contribution >= 0.6 is 0 Å². The summed E-state index contributed by atoms with van der Waals surface area (Å²) >= 11 is 0. The van der Waals surface area contributed by atoms with Gasteiger partial charge in [-0.3, -0.25) is 14.4 Å². The van der Waals surface area contributed by atoms with Crippen molar-refractivity contribution in [1.29, 1.82) is 0 Å². The summed E-state index contributed by atoms with van der Waals surface area (Å²) in [5.41, 5.74) is 7.61. The number of fused-ring (bicyclic) bond motifs is 4. The van der Waals surface area contributed by atoms with Crippen molar-refractivity contribution in [3.05, 3.63) is 116 Å². The molecule has 0 saturated heterocycles. The van der Waals surface area contributed by atoms with Crippen molar-refractivity contribution < 1.29 is 0 Å². The summed E-state index contributed by atoms with van der Waals surface area (Å²) in [7, 11) is 0. The van der Waals surface area contributed by atoms with E-state index in [-0.39, 0.29) is 0 Å². The Balaban J connectivity index is 1.32. The normalized spacial score (nSPS) is 11.4. The third kappa shape index (κ3) is 3.25. The minimum Gasteiger partial charge on any atom is -0.299 e. The van der Waals surface area contributed by atoms with E-state index in [1.165, 1.54) is 0 Å². The molecule has 0 unspecified atom stereocenters. The maximum atomic E-state index is 4.98. The minimum atomic E-state index is 0.861. The lowest BCUT2D eigenvalue weighted by Gasteiger charge is -2.07. The monoisotopic (exact) mass is 449 g/mol. The molecule has 7 aromatic rings. The number of nitrogens with zero attached hydrogens (tertiary/aromatic N) is 5. The Hall–Kier alpha value is -4.90. The van der Waals surface area contributed by atoms with Gasteiger partial charge >= 0.3 is 0 Å². The van der Waals surface area contributed by atoms with E-state index in [1.54, 1.807) is 6.20 Å². The molecule has 0 N–H and O–H groups in total. The Labute approximate surface area is 201 Å². The second-order valence-corrected chi connectivity index (χ2v) is 8.44. The molecule has 164 valence electrons. The van der Waals surface area contributed by atoms with E-state index in [0.717, 1.165) is 61.4 Å².